The van der Waals surface area contributed by atoms with Gasteiger partial charge in [-0.3, -0.25) is 0 Å². The smallest absolute Gasteiger partial charge is 0.211 e. The van der Waals surface area contributed by atoms with Crippen molar-refractivity contribution in [2.75, 3.05) is 12.3 Å². The number of nitrogens with one attached hydrogen (secondary N) is 2. The molecule has 3 aromatic rings. The fourth-order valence-corrected chi connectivity index (χ4v) is 4.56. The van der Waals surface area contributed by atoms with E-state index in [1.807, 2.05) is 48.7 Å². The summed E-state index contributed by atoms with van der Waals surface area (Å²) in [5.74, 6) is 0.126. The van der Waals surface area contributed by atoms with Crippen molar-refractivity contribution < 1.29 is 8.42 Å². The Bertz CT molecular complexity index is 973. The SMILES string of the molecule is O=S(=O)(CCc1ccccc1)NCC1(c2c[nH]c3ccccc23)CC1. The molecule has 2 aromatic carbocycles. The zero-order valence-corrected chi connectivity index (χ0v) is 14.9. The van der Waals surface area contributed by atoms with Crippen LogP contribution in [0.3, 0.4) is 0 Å². The summed E-state index contributed by atoms with van der Waals surface area (Å²) < 4.78 is 27.6. The van der Waals surface area contributed by atoms with Crippen molar-refractivity contribution in [1.82, 2.24) is 9.71 Å². The first kappa shape index (κ1) is 16.4. The van der Waals surface area contributed by atoms with Gasteiger partial charge in [-0.05, 0) is 36.5 Å². The molecule has 1 aliphatic rings. The van der Waals surface area contributed by atoms with Crippen LogP contribution in [0.25, 0.3) is 10.9 Å². The van der Waals surface area contributed by atoms with Crippen molar-refractivity contribution in [3.05, 3.63) is 71.9 Å². The second-order valence-electron chi connectivity index (χ2n) is 6.90. The molecule has 1 aliphatic carbocycles. The lowest BCUT2D eigenvalue weighted by Gasteiger charge is -2.16. The van der Waals surface area contributed by atoms with Gasteiger partial charge >= 0.3 is 0 Å². The molecule has 25 heavy (non-hydrogen) atoms. The Labute approximate surface area is 148 Å². The Morgan fingerprint density at radius 1 is 1.00 bits per heavy atom. The maximum absolute atomic E-state index is 12.4. The summed E-state index contributed by atoms with van der Waals surface area (Å²) in [4.78, 5) is 3.30. The van der Waals surface area contributed by atoms with Gasteiger partial charge in [-0.1, -0.05) is 48.5 Å². The summed E-state index contributed by atoms with van der Waals surface area (Å²) in [7, 11) is -3.28. The molecule has 0 amide bonds. The Hall–Kier alpha value is -2.11. The van der Waals surface area contributed by atoms with Gasteiger partial charge in [0.05, 0.1) is 5.75 Å². The lowest BCUT2D eigenvalue weighted by atomic mass is 9.96. The van der Waals surface area contributed by atoms with Crippen molar-refractivity contribution in [1.29, 1.82) is 0 Å². The van der Waals surface area contributed by atoms with Crippen LogP contribution in [-0.2, 0) is 21.9 Å². The van der Waals surface area contributed by atoms with Crippen LogP contribution in [0.1, 0.15) is 24.0 Å². The lowest BCUT2D eigenvalue weighted by Crippen LogP contribution is -2.34. The van der Waals surface area contributed by atoms with E-state index in [1.54, 1.807) is 0 Å². The van der Waals surface area contributed by atoms with Gasteiger partial charge in [-0.2, -0.15) is 0 Å². The molecule has 0 bridgehead atoms. The number of rotatable bonds is 7. The second-order valence-corrected chi connectivity index (χ2v) is 8.83. The number of H-pyrrole nitrogens is 1. The maximum Gasteiger partial charge on any atom is 0.211 e. The Morgan fingerprint density at radius 3 is 2.48 bits per heavy atom. The van der Waals surface area contributed by atoms with Gasteiger partial charge in [0, 0.05) is 29.1 Å². The fraction of sp³-hybridized carbons (Fsp3) is 0.300. The first-order chi connectivity index (χ1) is 12.1. The van der Waals surface area contributed by atoms with Gasteiger partial charge in [0.1, 0.15) is 0 Å². The summed E-state index contributed by atoms with van der Waals surface area (Å²) in [6.07, 6.45) is 4.62. The fourth-order valence-electron chi connectivity index (χ4n) is 3.42. The second kappa shape index (κ2) is 6.32. The third-order valence-electron chi connectivity index (χ3n) is 5.15. The van der Waals surface area contributed by atoms with Crippen LogP contribution in [0.5, 0.6) is 0 Å². The average Bonchev–Trinajstić information content (AvgIpc) is 3.30. The molecule has 1 aromatic heterocycles. The van der Waals surface area contributed by atoms with E-state index in [2.05, 4.69) is 21.8 Å². The average molecular weight is 354 g/mol. The number of benzene rings is 2. The molecule has 0 atom stereocenters. The van der Waals surface area contributed by atoms with E-state index in [0.717, 1.165) is 23.9 Å². The highest BCUT2D eigenvalue weighted by Crippen LogP contribution is 2.50. The molecule has 130 valence electrons. The molecule has 4 rings (SSSR count). The molecule has 0 saturated heterocycles. The molecule has 4 nitrogen and oxygen atoms in total. The molecule has 1 heterocycles. The number of hydrogen-bond acceptors (Lipinski definition) is 2. The van der Waals surface area contributed by atoms with Crippen molar-refractivity contribution in [2.45, 2.75) is 24.7 Å². The molecule has 0 spiro atoms. The zero-order chi connectivity index (χ0) is 17.3. The largest absolute Gasteiger partial charge is 0.361 e. The number of fused-ring (bicyclic) bond motifs is 1. The highest BCUT2D eigenvalue weighted by molar-refractivity contribution is 7.89. The predicted molar refractivity (Wildman–Crippen MR) is 101 cm³/mol. The predicted octanol–water partition coefficient (Wildman–Crippen LogP) is 3.36. The topological polar surface area (TPSA) is 62.0 Å². The molecule has 5 heteroatoms. The summed E-state index contributed by atoms with van der Waals surface area (Å²) in [6, 6.07) is 17.9. The normalized spacial score (nSPS) is 16.2. The molecule has 0 aliphatic heterocycles. The van der Waals surface area contributed by atoms with Gasteiger partial charge in [-0.25, -0.2) is 13.1 Å². The van der Waals surface area contributed by atoms with Gasteiger partial charge in [0.2, 0.25) is 10.0 Å². The van der Waals surface area contributed by atoms with E-state index in [1.165, 1.54) is 10.9 Å². The minimum atomic E-state index is -3.28. The summed E-state index contributed by atoms with van der Waals surface area (Å²) in [5.41, 5.74) is 3.33. The summed E-state index contributed by atoms with van der Waals surface area (Å²) in [5, 5.41) is 1.20. The van der Waals surface area contributed by atoms with Crippen LogP contribution < -0.4 is 4.72 Å². The van der Waals surface area contributed by atoms with E-state index >= 15 is 0 Å². The van der Waals surface area contributed by atoms with Crippen LogP contribution >= 0.6 is 0 Å². The zero-order valence-electron chi connectivity index (χ0n) is 14.0. The minimum Gasteiger partial charge on any atom is -0.361 e. The number of hydrogen-bond donors (Lipinski definition) is 2. The minimum absolute atomic E-state index is 0.0561. The van der Waals surface area contributed by atoms with Crippen LogP contribution in [0.2, 0.25) is 0 Å². The van der Waals surface area contributed by atoms with Crippen LogP contribution in [0.15, 0.2) is 60.8 Å². The van der Waals surface area contributed by atoms with Gasteiger partial charge < -0.3 is 4.98 Å². The molecule has 1 fully saturated rings. The molecular weight excluding hydrogens is 332 g/mol. The van der Waals surface area contributed by atoms with Crippen LogP contribution in [0.4, 0.5) is 0 Å². The van der Waals surface area contributed by atoms with Crippen molar-refractivity contribution >= 4 is 20.9 Å². The standard InChI is InChI=1S/C20H22N2O2S/c23-25(24,13-10-16-6-2-1-3-7-16)22-15-20(11-12-20)18-14-21-19-9-5-4-8-17(18)19/h1-9,14,21-22H,10-13,15H2. The number of para-hydroxylation sites is 1. The number of aromatic nitrogens is 1. The Morgan fingerprint density at radius 2 is 1.72 bits per heavy atom. The molecule has 0 radical (unpaired) electrons. The quantitative estimate of drug-likeness (QED) is 0.683. The lowest BCUT2D eigenvalue weighted by molar-refractivity contribution is 0.567. The first-order valence-electron chi connectivity index (χ1n) is 8.66. The highest BCUT2D eigenvalue weighted by atomic mass is 32.2. The molecule has 0 unspecified atom stereocenters. The third kappa shape index (κ3) is 3.48. The number of aryl methyl sites for hydroxylation is 1. The maximum atomic E-state index is 12.4. The summed E-state index contributed by atoms with van der Waals surface area (Å²) >= 11 is 0. The van der Waals surface area contributed by atoms with E-state index in [4.69, 9.17) is 0 Å². The molecular formula is C20H22N2O2S. The Balaban J connectivity index is 1.43. The van der Waals surface area contributed by atoms with E-state index < -0.39 is 10.0 Å². The molecule has 1 saturated carbocycles. The van der Waals surface area contributed by atoms with Gasteiger partial charge in [0.15, 0.2) is 0 Å². The highest BCUT2D eigenvalue weighted by Gasteiger charge is 2.46. The van der Waals surface area contributed by atoms with Crippen LogP contribution in [0, 0.1) is 0 Å². The van der Waals surface area contributed by atoms with Crippen LogP contribution in [-0.4, -0.2) is 25.7 Å². The third-order valence-corrected chi connectivity index (χ3v) is 6.47. The first-order valence-corrected chi connectivity index (χ1v) is 10.3. The Kier molecular flexibility index (Phi) is 4.13. The van der Waals surface area contributed by atoms with E-state index in [9.17, 15) is 8.42 Å². The van der Waals surface area contributed by atoms with Crippen molar-refractivity contribution in [3.8, 4) is 0 Å². The van der Waals surface area contributed by atoms with Crippen molar-refractivity contribution in [3.63, 3.8) is 0 Å². The van der Waals surface area contributed by atoms with Crippen molar-refractivity contribution in [2.24, 2.45) is 0 Å². The van der Waals surface area contributed by atoms with E-state index in [-0.39, 0.29) is 11.2 Å². The van der Waals surface area contributed by atoms with E-state index in [0.29, 0.717) is 13.0 Å². The van der Waals surface area contributed by atoms with Gasteiger partial charge in [0.25, 0.3) is 0 Å². The number of aromatic amines is 1. The molecule has 2 N–H and O–H groups in total. The summed E-state index contributed by atoms with van der Waals surface area (Å²) in [6.45, 7) is 0.478. The monoisotopic (exact) mass is 354 g/mol. The van der Waals surface area contributed by atoms with Gasteiger partial charge in [-0.15, -0.1) is 0 Å². The number of sulfonamides is 1.